The zero-order valence-corrected chi connectivity index (χ0v) is 16.9. The van der Waals surface area contributed by atoms with E-state index in [4.69, 9.17) is 18.9 Å². The Kier molecular flexibility index (Phi) is 7.46. The van der Waals surface area contributed by atoms with E-state index in [0.717, 1.165) is 0 Å². The van der Waals surface area contributed by atoms with Crippen LogP contribution in [0.25, 0.3) is 12.2 Å². The highest BCUT2D eigenvalue weighted by atomic mass is 16.6. The smallest absolute Gasteiger partial charge is 0.308 e. The van der Waals surface area contributed by atoms with Crippen molar-refractivity contribution < 1.29 is 38.1 Å². The number of ether oxygens (including phenoxy) is 4. The van der Waals surface area contributed by atoms with Crippen molar-refractivity contribution in [3.8, 4) is 23.0 Å². The van der Waals surface area contributed by atoms with Crippen molar-refractivity contribution in [2.24, 2.45) is 0 Å². The fourth-order valence-corrected chi connectivity index (χ4v) is 2.43. The molecular weight excluding hydrogens is 392 g/mol. The van der Waals surface area contributed by atoms with Gasteiger partial charge in [-0.05, 0) is 35.4 Å². The molecule has 0 N–H and O–H groups in total. The van der Waals surface area contributed by atoms with Gasteiger partial charge >= 0.3 is 23.9 Å². The fraction of sp³-hybridized carbons (Fsp3) is 0.182. The summed E-state index contributed by atoms with van der Waals surface area (Å²) in [5.74, 6) is -1.51. The summed E-state index contributed by atoms with van der Waals surface area (Å²) in [5.41, 5.74) is 1.22. The van der Waals surface area contributed by atoms with E-state index in [9.17, 15) is 19.2 Å². The monoisotopic (exact) mass is 412 g/mol. The summed E-state index contributed by atoms with van der Waals surface area (Å²) in [6, 6.07) is 9.28. The van der Waals surface area contributed by atoms with Gasteiger partial charge in [0, 0.05) is 33.8 Å². The van der Waals surface area contributed by atoms with Crippen LogP contribution in [0.1, 0.15) is 38.8 Å². The van der Waals surface area contributed by atoms with Gasteiger partial charge in [-0.1, -0.05) is 18.2 Å². The minimum Gasteiger partial charge on any atom is -0.427 e. The minimum absolute atomic E-state index is 0.0918. The van der Waals surface area contributed by atoms with Crippen LogP contribution in [-0.2, 0) is 19.2 Å². The Bertz CT molecular complexity index is 986. The predicted molar refractivity (Wildman–Crippen MR) is 107 cm³/mol. The normalized spacial score (nSPS) is 10.4. The highest BCUT2D eigenvalue weighted by molar-refractivity contribution is 5.77. The van der Waals surface area contributed by atoms with Gasteiger partial charge in [0.05, 0.1) is 0 Å². The van der Waals surface area contributed by atoms with Crippen molar-refractivity contribution in [1.29, 1.82) is 0 Å². The Morgan fingerprint density at radius 2 is 1.03 bits per heavy atom. The Labute approximate surface area is 173 Å². The van der Waals surface area contributed by atoms with Crippen LogP contribution in [0.5, 0.6) is 23.0 Å². The van der Waals surface area contributed by atoms with Gasteiger partial charge < -0.3 is 18.9 Å². The van der Waals surface area contributed by atoms with E-state index in [1.54, 1.807) is 30.4 Å². The number of carbonyl (C=O) groups is 4. The summed E-state index contributed by atoms with van der Waals surface area (Å²) in [4.78, 5) is 45.0. The van der Waals surface area contributed by atoms with E-state index < -0.39 is 23.9 Å². The molecule has 0 spiro atoms. The van der Waals surface area contributed by atoms with Crippen LogP contribution in [0.4, 0.5) is 0 Å². The van der Waals surface area contributed by atoms with E-state index in [1.807, 2.05) is 0 Å². The quantitative estimate of drug-likeness (QED) is 0.403. The molecule has 0 aliphatic heterocycles. The standard InChI is InChI=1S/C22H20O8/c1-13(23)27-19-9-18(10-20(12-19)28-14(2)24)6-5-17-7-8-21(29-15(3)25)22(11-17)30-16(4)26/h5-12H,1-4H3/b6-5+. The molecule has 0 fully saturated rings. The first-order chi connectivity index (χ1) is 14.1. The van der Waals surface area contributed by atoms with E-state index in [1.165, 1.54) is 45.9 Å². The lowest BCUT2D eigenvalue weighted by atomic mass is 10.1. The maximum Gasteiger partial charge on any atom is 0.308 e. The van der Waals surface area contributed by atoms with Crippen LogP contribution < -0.4 is 18.9 Å². The van der Waals surface area contributed by atoms with Gasteiger partial charge in [-0.15, -0.1) is 0 Å². The Morgan fingerprint density at radius 1 is 0.567 bits per heavy atom. The summed E-state index contributed by atoms with van der Waals surface area (Å²) in [6.07, 6.45) is 3.37. The van der Waals surface area contributed by atoms with Crippen molar-refractivity contribution >= 4 is 36.0 Å². The largest absolute Gasteiger partial charge is 0.427 e. The summed E-state index contributed by atoms with van der Waals surface area (Å²) in [6.45, 7) is 4.99. The van der Waals surface area contributed by atoms with Crippen LogP contribution in [-0.4, -0.2) is 23.9 Å². The molecule has 0 atom stereocenters. The molecule has 0 aromatic heterocycles. The Morgan fingerprint density at radius 3 is 1.53 bits per heavy atom. The average molecular weight is 412 g/mol. The molecule has 0 bridgehead atoms. The highest BCUT2D eigenvalue weighted by Gasteiger charge is 2.11. The summed E-state index contributed by atoms with van der Waals surface area (Å²) >= 11 is 0. The van der Waals surface area contributed by atoms with Crippen molar-refractivity contribution in [2.75, 3.05) is 0 Å². The first-order valence-electron chi connectivity index (χ1n) is 8.83. The van der Waals surface area contributed by atoms with Crippen molar-refractivity contribution in [3.63, 3.8) is 0 Å². The van der Waals surface area contributed by atoms with E-state index in [0.29, 0.717) is 11.1 Å². The fourth-order valence-electron chi connectivity index (χ4n) is 2.43. The molecule has 2 rings (SSSR count). The van der Waals surface area contributed by atoms with Gasteiger partial charge in [-0.2, -0.15) is 0 Å². The van der Waals surface area contributed by atoms with Gasteiger partial charge in [0.15, 0.2) is 11.5 Å². The molecule has 156 valence electrons. The molecule has 0 saturated heterocycles. The number of esters is 4. The molecule has 2 aromatic rings. The van der Waals surface area contributed by atoms with Gasteiger partial charge in [0.2, 0.25) is 0 Å². The van der Waals surface area contributed by atoms with Gasteiger partial charge in [-0.25, -0.2) is 0 Å². The molecule has 0 heterocycles. The maximum atomic E-state index is 11.3. The Balaban J connectivity index is 2.37. The van der Waals surface area contributed by atoms with Gasteiger partial charge in [0.25, 0.3) is 0 Å². The second-order valence-corrected chi connectivity index (χ2v) is 6.15. The number of rotatable bonds is 6. The molecule has 0 radical (unpaired) electrons. The third kappa shape index (κ3) is 7.23. The number of hydrogen-bond acceptors (Lipinski definition) is 8. The first-order valence-corrected chi connectivity index (χ1v) is 8.83. The molecule has 0 aliphatic rings. The number of benzene rings is 2. The molecule has 0 unspecified atom stereocenters. The molecular formula is C22H20O8. The number of hydrogen-bond donors (Lipinski definition) is 0. The summed E-state index contributed by atoms with van der Waals surface area (Å²) < 4.78 is 20.3. The van der Waals surface area contributed by atoms with E-state index >= 15 is 0 Å². The zero-order chi connectivity index (χ0) is 22.3. The topological polar surface area (TPSA) is 105 Å². The zero-order valence-electron chi connectivity index (χ0n) is 16.9. The van der Waals surface area contributed by atoms with E-state index in [-0.39, 0.29) is 23.0 Å². The van der Waals surface area contributed by atoms with Gasteiger partial charge in [-0.3, -0.25) is 19.2 Å². The van der Waals surface area contributed by atoms with Crippen molar-refractivity contribution in [1.82, 2.24) is 0 Å². The van der Waals surface area contributed by atoms with Crippen LogP contribution in [0.2, 0.25) is 0 Å². The van der Waals surface area contributed by atoms with Crippen molar-refractivity contribution in [2.45, 2.75) is 27.7 Å². The summed E-state index contributed by atoms with van der Waals surface area (Å²) in [5, 5.41) is 0. The van der Waals surface area contributed by atoms with Gasteiger partial charge in [0.1, 0.15) is 11.5 Å². The van der Waals surface area contributed by atoms with Crippen LogP contribution in [0.15, 0.2) is 36.4 Å². The van der Waals surface area contributed by atoms with Crippen LogP contribution in [0, 0.1) is 0 Å². The van der Waals surface area contributed by atoms with Crippen LogP contribution in [0.3, 0.4) is 0 Å². The lowest BCUT2D eigenvalue weighted by Gasteiger charge is -2.09. The molecule has 2 aromatic carbocycles. The molecule has 0 saturated carbocycles. The summed E-state index contributed by atoms with van der Waals surface area (Å²) in [7, 11) is 0. The average Bonchev–Trinajstić information content (AvgIpc) is 2.59. The minimum atomic E-state index is -0.565. The second kappa shape index (κ2) is 10.0. The number of carbonyl (C=O) groups excluding carboxylic acids is 4. The first kappa shape index (κ1) is 22.4. The molecule has 8 heteroatoms. The Hall–Kier alpha value is -3.94. The molecule has 0 amide bonds. The van der Waals surface area contributed by atoms with Crippen LogP contribution >= 0.6 is 0 Å². The molecule has 8 nitrogen and oxygen atoms in total. The SMILES string of the molecule is CC(=O)Oc1cc(/C=C/c2ccc(OC(C)=O)c(OC(C)=O)c2)cc(OC(C)=O)c1. The second-order valence-electron chi connectivity index (χ2n) is 6.15. The third-order valence-corrected chi connectivity index (χ3v) is 3.37. The lowest BCUT2D eigenvalue weighted by molar-refractivity contribution is -0.134. The molecule has 30 heavy (non-hydrogen) atoms. The van der Waals surface area contributed by atoms with Crippen molar-refractivity contribution in [3.05, 3.63) is 47.5 Å². The predicted octanol–water partition coefficient (Wildman–Crippen LogP) is 3.56. The highest BCUT2D eigenvalue weighted by Crippen LogP contribution is 2.30. The maximum absolute atomic E-state index is 11.3. The molecule has 0 aliphatic carbocycles. The third-order valence-electron chi connectivity index (χ3n) is 3.37. The lowest BCUT2D eigenvalue weighted by Crippen LogP contribution is -2.07. The van der Waals surface area contributed by atoms with E-state index in [2.05, 4.69) is 0 Å².